The van der Waals surface area contributed by atoms with Crippen molar-refractivity contribution in [1.82, 2.24) is 10.2 Å². The van der Waals surface area contributed by atoms with E-state index in [9.17, 15) is 9.18 Å². The van der Waals surface area contributed by atoms with Crippen LogP contribution >= 0.6 is 23.1 Å². The highest BCUT2D eigenvalue weighted by Gasteiger charge is 2.10. The van der Waals surface area contributed by atoms with Crippen molar-refractivity contribution < 1.29 is 9.18 Å². The fraction of sp³-hybridized carbons (Fsp3) is 0.0625. The third-order valence-electron chi connectivity index (χ3n) is 2.91. The molecule has 116 valence electrons. The standard InChI is InChI=1S/C16H12FN3OS2/c17-13-8-4-5-11(9-13)10-22-16-20-19-15(23-16)18-14(21)12-6-2-1-3-7-12/h1-9H,10H2,(H,18,19,21). The maximum atomic E-state index is 13.1. The number of carbonyl (C=O) groups excluding carboxylic acids is 1. The molecule has 4 nitrogen and oxygen atoms in total. The van der Waals surface area contributed by atoms with Crippen molar-refractivity contribution in [2.45, 2.75) is 10.1 Å². The summed E-state index contributed by atoms with van der Waals surface area (Å²) in [6, 6.07) is 15.4. The largest absolute Gasteiger partial charge is 0.296 e. The van der Waals surface area contributed by atoms with Gasteiger partial charge < -0.3 is 0 Å². The summed E-state index contributed by atoms with van der Waals surface area (Å²) >= 11 is 2.75. The highest BCUT2D eigenvalue weighted by molar-refractivity contribution is 8.00. The van der Waals surface area contributed by atoms with E-state index in [1.165, 1.54) is 35.2 Å². The molecule has 0 bridgehead atoms. The smallest absolute Gasteiger partial charge is 0.257 e. The Morgan fingerprint density at radius 2 is 1.96 bits per heavy atom. The van der Waals surface area contributed by atoms with Crippen LogP contribution in [0, 0.1) is 5.82 Å². The molecular formula is C16H12FN3OS2. The van der Waals surface area contributed by atoms with Crippen molar-refractivity contribution in [3.05, 3.63) is 71.5 Å². The van der Waals surface area contributed by atoms with Gasteiger partial charge in [0.1, 0.15) is 5.82 Å². The van der Waals surface area contributed by atoms with Gasteiger partial charge >= 0.3 is 0 Å². The van der Waals surface area contributed by atoms with Gasteiger partial charge in [0, 0.05) is 11.3 Å². The lowest BCUT2D eigenvalue weighted by molar-refractivity contribution is 0.102. The van der Waals surface area contributed by atoms with E-state index < -0.39 is 0 Å². The Hall–Kier alpha value is -2.25. The molecule has 1 aromatic heterocycles. The maximum absolute atomic E-state index is 13.1. The van der Waals surface area contributed by atoms with Crippen LogP contribution in [0.5, 0.6) is 0 Å². The zero-order valence-corrected chi connectivity index (χ0v) is 13.5. The van der Waals surface area contributed by atoms with Crippen molar-refractivity contribution in [1.29, 1.82) is 0 Å². The van der Waals surface area contributed by atoms with Crippen LogP contribution in [0.15, 0.2) is 58.9 Å². The first kappa shape index (κ1) is 15.6. The molecule has 0 aliphatic rings. The van der Waals surface area contributed by atoms with Gasteiger partial charge in [-0.1, -0.05) is 53.4 Å². The van der Waals surface area contributed by atoms with Gasteiger partial charge in [-0.15, -0.1) is 10.2 Å². The number of thioether (sulfide) groups is 1. The number of anilines is 1. The second-order valence-electron chi connectivity index (χ2n) is 4.61. The van der Waals surface area contributed by atoms with Gasteiger partial charge in [-0.25, -0.2) is 4.39 Å². The molecule has 0 unspecified atom stereocenters. The summed E-state index contributed by atoms with van der Waals surface area (Å²) in [5.74, 6) is 0.124. The second-order valence-corrected chi connectivity index (χ2v) is 6.81. The Balaban J connectivity index is 1.59. The van der Waals surface area contributed by atoms with E-state index in [2.05, 4.69) is 15.5 Å². The number of hydrogen-bond acceptors (Lipinski definition) is 5. The van der Waals surface area contributed by atoms with Gasteiger partial charge in [-0.3, -0.25) is 10.1 Å². The van der Waals surface area contributed by atoms with Crippen LogP contribution < -0.4 is 5.32 Å². The number of halogens is 1. The topological polar surface area (TPSA) is 54.9 Å². The minimum Gasteiger partial charge on any atom is -0.296 e. The number of amides is 1. The summed E-state index contributed by atoms with van der Waals surface area (Å²) in [7, 11) is 0. The fourth-order valence-electron chi connectivity index (χ4n) is 1.85. The average molecular weight is 345 g/mol. The first-order valence-corrected chi connectivity index (χ1v) is 8.58. The number of benzene rings is 2. The predicted molar refractivity (Wildman–Crippen MR) is 90.3 cm³/mol. The van der Waals surface area contributed by atoms with Crippen LogP contribution in [0.1, 0.15) is 15.9 Å². The van der Waals surface area contributed by atoms with Crippen molar-refractivity contribution in [3.63, 3.8) is 0 Å². The Morgan fingerprint density at radius 1 is 1.13 bits per heavy atom. The van der Waals surface area contributed by atoms with E-state index in [-0.39, 0.29) is 11.7 Å². The van der Waals surface area contributed by atoms with E-state index in [0.717, 1.165) is 9.90 Å². The third-order valence-corrected chi connectivity index (χ3v) is 4.96. The highest BCUT2D eigenvalue weighted by atomic mass is 32.2. The van der Waals surface area contributed by atoms with Gasteiger partial charge in [-0.2, -0.15) is 0 Å². The molecule has 0 aliphatic heterocycles. The van der Waals surface area contributed by atoms with E-state index >= 15 is 0 Å². The molecule has 0 atom stereocenters. The molecule has 0 spiro atoms. The molecule has 0 radical (unpaired) electrons. The number of hydrogen-bond donors (Lipinski definition) is 1. The van der Waals surface area contributed by atoms with E-state index in [0.29, 0.717) is 16.4 Å². The summed E-state index contributed by atoms with van der Waals surface area (Å²) in [6.07, 6.45) is 0. The number of nitrogens with one attached hydrogen (secondary N) is 1. The molecule has 23 heavy (non-hydrogen) atoms. The van der Waals surface area contributed by atoms with E-state index in [4.69, 9.17) is 0 Å². The molecule has 0 aliphatic carbocycles. The predicted octanol–water partition coefficient (Wildman–Crippen LogP) is 4.22. The first-order valence-electron chi connectivity index (χ1n) is 6.78. The normalized spacial score (nSPS) is 10.5. The molecule has 0 saturated carbocycles. The van der Waals surface area contributed by atoms with Crippen molar-refractivity contribution >= 4 is 34.1 Å². The van der Waals surface area contributed by atoms with Gasteiger partial charge in [0.25, 0.3) is 5.91 Å². The minimum absolute atomic E-state index is 0.219. The molecule has 3 rings (SSSR count). The van der Waals surface area contributed by atoms with Crippen molar-refractivity contribution in [2.24, 2.45) is 0 Å². The van der Waals surface area contributed by atoms with Gasteiger partial charge in [-0.05, 0) is 29.8 Å². The first-order chi connectivity index (χ1) is 11.2. The lowest BCUT2D eigenvalue weighted by atomic mass is 10.2. The zero-order chi connectivity index (χ0) is 16.1. The number of aromatic nitrogens is 2. The average Bonchev–Trinajstić information content (AvgIpc) is 3.01. The molecule has 1 N–H and O–H groups in total. The van der Waals surface area contributed by atoms with Crippen molar-refractivity contribution in [2.75, 3.05) is 5.32 Å². The summed E-state index contributed by atoms with van der Waals surface area (Å²) in [5.41, 5.74) is 1.44. The molecule has 7 heteroatoms. The Labute approximate surface area is 140 Å². The lowest BCUT2D eigenvalue weighted by Crippen LogP contribution is -2.11. The van der Waals surface area contributed by atoms with Gasteiger partial charge in [0.05, 0.1) is 0 Å². The molecule has 0 fully saturated rings. The zero-order valence-electron chi connectivity index (χ0n) is 11.9. The van der Waals surface area contributed by atoms with Gasteiger partial charge in [0.15, 0.2) is 4.34 Å². The monoisotopic (exact) mass is 345 g/mol. The Kier molecular flexibility index (Phi) is 4.99. The minimum atomic E-state index is -0.254. The van der Waals surface area contributed by atoms with E-state index in [1.54, 1.807) is 30.3 Å². The second kappa shape index (κ2) is 7.34. The van der Waals surface area contributed by atoms with E-state index in [1.807, 2.05) is 12.1 Å². The molecule has 3 aromatic rings. The van der Waals surface area contributed by atoms with Crippen LogP contribution in [0.2, 0.25) is 0 Å². The molecule has 0 saturated heterocycles. The fourth-order valence-corrected chi connectivity index (χ4v) is 3.54. The van der Waals surface area contributed by atoms with Crippen LogP contribution in [-0.4, -0.2) is 16.1 Å². The number of rotatable bonds is 5. The maximum Gasteiger partial charge on any atom is 0.257 e. The number of carbonyl (C=O) groups is 1. The van der Waals surface area contributed by atoms with Crippen LogP contribution in [0.4, 0.5) is 9.52 Å². The Bertz CT molecular complexity index is 808. The Morgan fingerprint density at radius 3 is 2.74 bits per heavy atom. The highest BCUT2D eigenvalue weighted by Crippen LogP contribution is 2.28. The molecule has 2 aromatic carbocycles. The molecule has 1 heterocycles. The van der Waals surface area contributed by atoms with Crippen LogP contribution in [-0.2, 0) is 5.75 Å². The summed E-state index contributed by atoms with van der Waals surface area (Å²) < 4.78 is 13.8. The lowest BCUT2D eigenvalue weighted by Gasteiger charge is -2.00. The third kappa shape index (κ3) is 4.37. The molecular weight excluding hydrogens is 333 g/mol. The van der Waals surface area contributed by atoms with Crippen LogP contribution in [0.3, 0.4) is 0 Å². The van der Waals surface area contributed by atoms with Gasteiger partial charge in [0.2, 0.25) is 5.13 Å². The van der Waals surface area contributed by atoms with Crippen molar-refractivity contribution in [3.8, 4) is 0 Å². The molecule has 1 amide bonds. The quantitative estimate of drug-likeness (QED) is 0.556. The SMILES string of the molecule is O=C(Nc1nnc(SCc2cccc(F)c2)s1)c1ccccc1. The summed E-state index contributed by atoms with van der Waals surface area (Å²) in [6.45, 7) is 0. The summed E-state index contributed by atoms with van der Waals surface area (Å²) in [5, 5.41) is 11.1. The number of nitrogens with zero attached hydrogens (tertiary/aromatic N) is 2. The summed E-state index contributed by atoms with van der Waals surface area (Å²) in [4.78, 5) is 12.0. The van der Waals surface area contributed by atoms with Crippen LogP contribution in [0.25, 0.3) is 0 Å².